The third kappa shape index (κ3) is 3.87. The molecule has 1 heterocycles. The van der Waals surface area contributed by atoms with Gasteiger partial charge in [-0.05, 0) is 25.8 Å². The third-order valence-electron chi connectivity index (χ3n) is 3.72. The second kappa shape index (κ2) is 6.34. The molecule has 0 spiro atoms. The minimum Gasteiger partial charge on any atom is -0.383 e. The van der Waals surface area contributed by atoms with Crippen LogP contribution >= 0.6 is 0 Å². The van der Waals surface area contributed by atoms with E-state index in [9.17, 15) is 9.59 Å². The van der Waals surface area contributed by atoms with Crippen molar-refractivity contribution in [3.63, 3.8) is 0 Å². The first-order valence-corrected chi connectivity index (χ1v) is 7.47. The number of likely N-dealkylation sites (N-methyl/N-ethyl adjacent to an activating group) is 1. The van der Waals surface area contributed by atoms with Crippen molar-refractivity contribution in [2.45, 2.75) is 39.3 Å². The molecule has 0 unspecified atom stereocenters. The molecule has 0 radical (unpaired) electrons. The number of hydrogen-bond donors (Lipinski definition) is 3. The third-order valence-corrected chi connectivity index (χ3v) is 3.72. The van der Waals surface area contributed by atoms with Crippen molar-refractivity contribution in [3.05, 3.63) is 20.8 Å². The Hall–Kier alpha value is -1.76. The SMILES string of the molecule is CC(C)Cn1c(N)c(NCCN(C)C2CC2)c(=O)[nH]c1=O. The van der Waals surface area contributed by atoms with Gasteiger partial charge in [-0.1, -0.05) is 13.8 Å². The van der Waals surface area contributed by atoms with E-state index in [2.05, 4.69) is 22.2 Å². The summed E-state index contributed by atoms with van der Waals surface area (Å²) in [6.45, 7) is 5.94. The van der Waals surface area contributed by atoms with E-state index in [0.717, 1.165) is 6.54 Å². The average Bonchev–Trinajstić information content (AvgIpc) is 3.22. The van der Waals surface area contributed by atoms with E-state index in [-0.39, 0.29) is 11.7 Å². The lowest BCUT2D eigenvalue weighted by atomic mass is 10.2. The first-order valence-electron chi connectivity index (χ1n) is 7.47. The summed E-state index contributed by atoms with van der Waals surface area (Å²) in [7, 11) is 2.08. The number of aromatic nitrogens is 2. The van der Waals surface area contributed by atoms with E-state index in [1.54, 1.807) is 0 Å². The molecule has 0 atom stereocenters. The van der Waals surface area contributed by atoms with Gasteiger partial charge in [0.2, 0.25) is 0 Å². The molecular formula is C14H25N5O2. The standard InChI is InChI=1S/C14H25N5O2/c1-9(2)8-19-12(15)11(13(20)17-14(19)21)16-6-7-18(3)10-4-5-10/h9-10,16H,4-8,15H2,1-3H3,(H,17,20,21). The lowest BCUT2D eigenvalue weighted by Crippen LogP contribution is -2.36. The van der Waals surface area contributed by atoms with Crippen molar-refractivity contribution in [3.8, 4) is 0 Å². The van der Waals surface area contributed by atoms with Crippen LogP contribution in [0, 0.1) is 5.92 Å². The Labute approximate surface area is 124 Å². The van der Waals surface area contributed by atoms with E-state index in [1.807, 2.05) is 13.8 Å². The summed E-state index contributed by atoms with van der Waals surface area (Å²) in [5.41, 5.74) is 5.38. The summed E-state index contributed by atoms with van der Waals surface area (Å²) in [6, 6.07) is 0.678. The second-order valence-corrected chi connectivity index (χ2v) is 6.16. The molecule has 4 N–H and O–H groups in total. The zero-order chi connectivity index (χ0) is 15.6. The minimum absolute atomic E-state index is 0.214. The molecule has 0 saturated heterocycles. The number of nitrogen functional groups attached to an aromatic ring is 1. The Morgan fingerprint density at radius 3 is 2.67 bits per heavy atom. The highest BCUT2D eigenvalue weighted by Gasteiger charge is 2.25. The number of rotatable bonds is 7. The molecule has 7 heteroatoms. The normalized spacial score (nSPS) is 14.9. The molecule has 21 heavy (non-hydrogen) atoms. The van der Waals surface area contributed by atoms with E-state index >= 15 is 0 Å². The first-order chi connectivity index (χ1) is 9.90. The molecule has 7 nitrogen and oxygen atoms in total. The number of nitrogens with two attached hydrogens (primary N) is 1. The van der Waals surface area contributed by atoms with Crippen LogP contribution in [0.25, 0.3) is 0 Å². The summed E-state index contributed by atoms with van der Waals surface area (Å²) >= 11 is 0. The van der Waals surface area contributed by atoms with E-state index in [0.29, 0.717) is 24.8 Å². The van der Waals surface area contributed by atoms with Crippen LogP contribution in [-0.4, -0.2) is 40.6 Å². The Balaban J connectivity index is 2.10. The number of nitrogens with one attached hydrogen (secondary N) is 2. The minimum atomic E-state index is -0.452. The number of hydrogen-bond acceptors (Lipinski definition) is 5. The van der Waals surface area contributed by atoms with Crippen molar-refractivity contribution in [1.82, 2.24) is 14.5 Å². The largest absolute Gasteiger partial charge is 0.383 e. The van der Waals surface area contributed by atoms with E-state index in [1.165, 1.54) is 17.4 Å². The van der Waals surface area contributed by atoms with Crippen LogP contribution in [-0.2, 0) is 6.54 Å². The maximum atomic E-state index is 11.9. The summed E-state index contributed by atoms with van der Waals surface area (Å²) in [5, 5.41) is 3.07. The Morgan fingerprint density at radius 1 is 1.43 bits per heavy atom. The van der Waals surface area contributed by atoms with Gasteiger partial charge in [0.15, 0.2) is 0 Å². The van der Waals surface area contributed by atoms with Crippen molar-refractivity contribution in [2.75, 3.05) is 31.2 Å². The fourth-order valence-corrected chi connectivity index (χ4v) is 2.36. The molecule has 0 aromatic carbocycles. The smallest absolute Gasteiger partial charge is 0.330 e. The van der Waals surface area contributed by atoms with Gasteiger partial charge in [0.25, 0.3) is 5.56 Å². The zero-order valence-electron chi connectivity index (χ0n) is 13.0. The van der Waals surface area contributed by atoms with E-state index in [4.69, 9.17) is 5.73 Å². The van der Waals surface area contributed by atoms with E-state index < -0.39 is 11.2 Å². The molecule has 118 valence electrons. The highest BCUT2D eigenvalue weighted by Crippen LogP contribution is 2.24. The monoisotopic (exact) mass is 295 g/mol. The summed E-state index contributed by atoms with van der Waals surface area (Å²) in [5.74, 6) is 0.483. The fourth-order valence-electron chi connectivity index (χ4n) is 2.36. The summed E-state index contributed by atoms with van der Waals surface area (Å²) < 4.78 is 1.42. The van der Waals surface area contributed by atoms with Gasteiger partial charge in [0, 0.05) is 25.7 Å². The summed E-state index contributed by atoms with van der Waals surface area (Å²) in [6.07, 6.45) is 2.50. The average molecular weight is 295 g/mol. The van der Waals surface area contributed by atoms with Crippen LogP contribution in [0.5, 0.6) is 0 Å². The van der Waals surface area contributed by atoms with Crippen LogP contribution in [0.4, 0.5) is 11.5 Å². The van der Waals surface area contributed by atoms with Crippen LogP contribution < -0.4 is 22.3 Å². The molecule has 1 aliphatic rings. The van der Waals surface area contributed by atoms with Gasteiger partial charge in [-0.3, -0.25) is 14.3 Å². The maximum Gasteiger partial charge on any atom is 0.330 e. The number of anilines is 2. The first kappa shape index (κ1) is 15.6. The highest BCUT2D eigenvalue weighted by atomic mass is 16.2. The lowest BCUT2D eigenvalue weighted by Gasteiger charge is -2.18. The molecule has 0 amide bonds. The van der Waals surface area contributed by atoms with Crippen LogP contribution in [0.1, 0.15) is 26.7 Å². The van der Waals surface area contributed by atoms with Crippen molar-refractivity contribution >= 4 is 11.5 Å². The van der Waals surface area contributed by atoms with Gasteiger partial charge in [-0.2, -0.15) is 0 Å². The van der Waals surface area contributed by atoms with Gasteiger partial charge in [-0.15, -0.1) is 0 Å². The van der Waals surface area contributed by atoms with Crippen molar-refractivity contribution < 1.29 is 0 Å². The van der Waals surface area contributed by atoms with Crippen molar-refractivity contribution in [1.29, 1.82) is 0 Å². The number of nitrogens with zero attached hydrogens (tertiary/aromatic N) is 2. The zero-order valence-corrected chi connectivity index (χ0v) is 13.0. The van der Waals surface area contributed by atoms with Crippen LogP contribution in [0.3, 0.4) is 0 Å². The molecule has 2 rings (SSSR count). The molecule has 1 aromatic heterocycles. The van der Waals surface area contributed by atoms with Gasteiger partial charge in [0.05, 0.1) is 0 Å². The molecule has 1 fully saturated rings. The predicted molar refractivity (Wildman–Crippen MR) is 84.7 cm³/mol. The fraction of sp³-hybridized carbons (Fsp3) is 0.714. The molecule has 0 aliphatic heterocycles. The molecule has 1 aromatic rings. The maximum absolute atomic E-state index is 11.9. The predicted octanol–water partition coefficient (Wildman–Crippen LogP) is 0.281. The molecule has 1 aliphatic carbocycles. The van der Waals surface area contributed by atoms with Crippen LogP contribution in [0.2, 0.25) is 0 Å². The van der Waals surface area contributed by atoms with Gasteiger partial charge >= 0.3 is 5.69 Å². The second-order valence-electron chi connectivity index (χ2n) is 6.16. The Morgan fingerprint density at radius 2 is 2.10 bits per heavy atom. The topological polar surface area (TPSA) is 96.2 Å². The summed E-state index contributed by atoms with van der Waals surface area (Å²) in [4.78, 5) is 28.3. The molecular weight excluding hydrogens is 270 g/mol. The van der Waals surface area contributed by atoms with Gasteiger partial charge in [-0.25, -0.2) is 4.79 Å². The van der Waals surface area contributed by atoms with Gasteiger partial charge in [0.1, 0.15) is 11.5 Å². The quantitative estimate of drug-likeness (QED) is 0.671. The number of aromatic amines is 1. The number of H-pyrrole nitrogens is 1. The Kier molecular flexibility index (Phi) is 4.72. The van der Waals surface area contributed by atoms with Crippen LogP contribution in [0.15, 0.2) is 9.59 Å². The molecule has 0 bridgehead atoms. The van der Waals surface area contributed by atoms with Crippen molar-refractivity contribution in [2.24, 2.45) is 5.92 Å². The highest BCUT2D eigenvalue weighted by molar-refractivity contribution is 5.60. The Bertz CT molecular complexity index is 600. The molecule has 1 saturated carbocycles. The lowest BCUT2D eigenvalue weighted by molar-refractivity contribution is 0.337. The van der Waals surface area contributed by atoms with Gasteiger partial charge < -0.3 is 16.0 Å².